The quantitative estimate of drug-likeness (QED) is 0.824. The number of hydrogen-bond acceptors (Lipinski definition) is 6. The van der Waals surface area contributed by atoms with E-state index in [9.17, 15) is 4.79 Å². The summed E-state index contributed by atoms with van der Waals surface area (Å²) in [4.78, 5) is 19.2. The van der Waals surface area contributed by atoms with Crippen LogP contribution in [0, 0.1) is 0 Å². The minimum atomic E-state index is -0.591. The zero-order valence-electron chi connectivity index (χ0n) is 8.79. The molecule has 2 heterocycles. The van der Waals surface area contributed by atoms with E-state index in [1.165, 1.54) is 24.3 Å². The predicted octanol–water partition coefficient (Wildman–Crippen LogP) is 0.794. The van der Waals surface area contributed by atoms with Crippen molar-refractivity contribution in [2.45, 2.75) is 0 Å². The van der Waals surface area contributed by atoms with Gasteiger partial charge in [-0.3, -0.25) is 0 Å². The van der Waals surface area contributed by atoms with Crippen molar-refractivity contribution in [3.8, 4) is 5.82 Å². The summed E-state index contributed by atoms with van der Waals surface area (Å²) in [5.74, 6) is -0.103. The molecule has 0 atom stereocenters. The van der Waals surface area contributed by atoms with Crippen molar-refractivity contribution in [3.63, 3.8) is 0 Å². The number of nitrogen functional groups attached to an aromatic ring is 1. The molecule has 0 aromatic carbocycles. The number of ether oxygens (including phenoxy) is 1. The molecule has 0 amide bonds. The van der Waals surface area contributed by atoms with E-state index in [0.29, 0.717) is 10.3 Å². The summed E-state index contributed by atoms with van der Waals surface area (Å²) in [6, 6.07) is 0. The summed E-state index contributed by atoms with van der Waals surface area (Å²) in [5, 5.41) is 4.01. The van der Waals surface area contributed by atoms with E-state index in [0.717, 1.165) is 0 Å². The number of halogens is 1. The van der Waals surface area contributed by atoms with Crippen LogP contribution in [-0.2, 0) is 4.74 Å². The lowest BCUT2D eigenvalue weighted by atomic mass is 10.4. The molecule has 8 heteroatoms. The maximum Gasteiger partial charge on any atom is 0.360 e. The summed E-state index contributed by atoms with van der Waals surface area (Å²) in [7, 11) is 1.27. The van der Waals surface area contributed by atoms with Gasteiger partial charge in [-0.25, -0.2) is 19.4 Å². The molecule has 2 rings (SSSR count). The van der Waals surface area contributed by atoms with Crippen molar-refractivity contribution >= 4 is 27.6 Å². The number of rotatable bonds is 2. The van der Waals surface area contributed by atoms with Crippen LogP contribution in [-0.4, -0.2) is 32.8 Å². The van der Waals surface area contributed by atoms with Gasteiger partial charge in [0.15, 0.2) is 11.5 Å². The van der Waals surface area contributed by atoms with Gasteiger partial charge in [-0.15, -0.1) is 0 Å². The van der Waals surface area contributed by atoms with Crippen molar-refractivity contribution in [2.24, 2.45) is 0 Å². The molecule has 0 bridgehead atoms. The summed E-state index contributed by atoms with van der Waals surface area (Å²) in [6.45, 7) is 0. The topological polar surface area (TPSA) is 95.9 Å². The first-order valence-corrected chi connectivity index (χ1v) is 5.32. The molecule has 2 aromatic rings. The van der Waals surface area contributed by atoms with Crippen molar-refractivity contribution < 1.29 is 9.53 Å². The van der Waals surface area contributed by atoms with Gasteiger partial charge in [0, 0.05) is 6.20 Å². The summed E-state index contributed by atoms with van der Waals surface area (Å²) >= 11 is 3.28. The monoisotopic (exact) mass is 297 g/mol. The van der Waals surface area contributed by atoms with Crippen LogP contribution in [0.1, 0.15) is 10.5 Å². The number of methoxy groups -OCH3 is 1. The van der Waals surface area contributed by atoms with Crippen LogP contribution < -0.4 is 5.73 Å². The molecule has 0 aliphatic carbocycles. The fourth-order valence-electron chi connectivity index (χ4n) is 1.23. The molecule has 0 radical (unpaired) electrons. The summed E-state index contributed by atoms with van der Waals surface area (Å²) in [6.07, 6.45) is 4.42. The summed E-state index contributed by atoms with van der Waals surface area (Å²) in [5.41, 5.74) is 5.94. The van der Waals surface area contributed by atoms with Crippen molar-refractivity contribution in [3.05, 3.63) is 28.9 Å². The van der Waals surface area contributed by atoms with Gasteiger partial charge in [-0.1, -0.05) is 0 Å². The highest BCUT2D eigenvalue weighted by Gasteiger charge is 2.17. The molecule has 0 aliphatic rings. The molecule has 0 fully saturated rings. The predicted molar refractivity (Wildman–Crippen MR) is 62.6 cm³/mol. The van der Waals surface area contributed by atoms with Gasteiger partial charge in [0.2, 0.25) is 0 Å². The highest BCUT2D eigenvalue weighted by Crippen LogP contribution is 2.19. The Bertz CT molecular complexity index is 568. The molecule has 0 aliphatic heterocycles. The van der Waals surface area contributed by atoms with E-state index in [1.807, 2.05) is 0 Å². The number of esters is 1. The average Bonchev–Trinajstić information content (AvgIpc) is 2.71. The van der Waals surface area contributed by atoms with Gasteiger partial charge in [0.1, 0.15) is 6.33 Å². The number of anilines is 1. The SMILES string of the molecule is COC(=O)c1nn(-c2ncncc2Br)cc1N. The Hall–Kier alpha value is -1.96. The maximum absolute atomic E-state index is 11.3. The third kappa shape index (κ3) is 2.11. The number of nitrogens with two attached hydrogens (primary N) is 1. The van der Waals surface area contributed by atoms with E-state index < -0.39 is 5.97 Å². The van der Waals surface area contributed by atoms with Crippen LogP contribution in [0.15, 0.2) is 23.2 Å². The van der Waals surface area contributed by atoms with Crippen molar-refractivity contribution in [2.75, 3.05) is 12.8 Å². The zero-order valence-corrected chi connectivity index (χ0v) is 10.4. The van der Waals surface area contributed by atoms with Crippen LogP contribution in [0.5, 0.6) is 0 Å². The highest BCUT2D eigenvalue weighted by molar-refractivity contribution is 9.10. The smallest absolute Gasteiger partial charge is 0.360 e. The second-order valence-electron chi connectivity index (χ2n) is 3.06. The van der Waals surface area contributed by atoms with Crippen molar-refractivity contribution in [1.29, 1.82) is 0 Å². The van der Waals surface area contributed by atoms with Crippen LogP contribution in [0.3, 0.4) is 0 Å². The minimum Gasteiger partial charge on any atom is -0.464 e. The van der Waals surface area contributed by atoms with E-state index in [-0.39, 0.29) is 11.4 Å². The Balaban J connectivity index is 2.49. The Morgan fingerprint density at radius 2 is 2.35 bits per heavy atom. The molecule has 0 spiro atoms. The van der Waals surface area contributed by atoms with Gasteiger partial charge in [0.25, 0.3) is 0 Å². The molecule has 0 saturated heterocycles. The van der Waals surface area contributed by atoms with E-state index in [1.54, 1.807) is 6.20 Å². The van der Waals surface area contributed by atoms with E-state index in [4.69, 9.17) is 5.73 Å². The average molecular weight is 298 g/mol. The molecule has 7 nitrogen and oxygen atoms in total. The Labute approximate surface area is 105 Å². The highest BCUT2D eigenvalue weighted by atomic mass is 79.9. The van der Waals surface area contributed by atoms with Gasteiger partial charge >= 0.3 is 5.97 Å². The lowest BCUT2D eigenvalue weighted by molar-refractivity contribution is 0.0594. The number of hydrogen-bond donors (Lipinski definition) is 1. The Kier molecular flexibility index (Phi) is 3.05. The third-order valence-electron chi connectivity index (χ3n) is 1.99. The molecule has 0 saturated carbocycles. The second-order valence-corrected chi connectivity index (χ2v) is 3.92. The van der Waals surface area contributed by atoms with Gasteiger partial charge in [-0.2, -0.15) is 5.10 Å². The van der Waals surface area contributed by atoms with Gasteiger partial charge in [0.05, 0.1) is 23.5 Å². The molecular weight excluding hydrogens is 290 g/mol. The number of carbonyl (C=O) groups excluding carboxylic acids is 1. The summed E-state index contributed by atoms with van der Waals surface area (Å²) < 4.78 is 6.58. The lowest BCUT2D eigenvalue weighted by Gasteiger charge is -2.00. The maximum atomic E-state index is 11.3. The molecule has 2 N–H and O–H groups in total. The third-order valence-corrected chi connectivity index (χ3v) is 2.55. The fraction of sp³-hybridized carbons (Fsp3) is 0.111. The van der Waals surface area contributed by atoms with Gasteiger partial charge < -0.3 is 10.5 Å². The first-order chi connectivity index (χ1) is 8.13. The number of aromatic nitrogens is 4. The molecule has 88 valence electrons. The van der Waals surface area contributed by atoms with Gasteiger partial charge in [-0.05, 0) is 15.9 Å². The van der Waals surface area contributed by atoms with Crippen LogP contribution in [0.25, 0.3) is 5.82 Å². The molecular formula is C9H8BrN5O2. The lowest BCUT2D eigenvalue weighted by Crippen LogP contribution is -2.06. The van der Waals surface area contributed by atoms with Crippen molar-refractivity contribution in [1.82, 2.24) is 19.7 Å². The van der Waals surface area contributed by atoms with E-state index >= 15 is 0 Å². The van der Waals surface area contributed by atoms with E-state index in [2.05, 4.69) is 35.7 Å². The molecule has 0 unspecified atom stereocenters. The minimum absolute atomic E-state index is 0.0537. The Morgan fingerprint density at radius 1 is 1.59 bits per heavy atom. The standard InChI is InChI=1S/C9H8BrN5O2/c1-17-9(16)7-6(11)3-15(14-7)8-5(10)2-12-4-13-8/h2-4H,11H2,1H3. The number of carbonyl (C=O) groups is 1. The normalized spacial score (nSPS) is 10.2. The largest absolute Gasteiger partial charge is 0.464 e. The molecule has 17 heavy (non-hydrogen) atoms. The molecule has 2 aromatic heterocycles. The number of nitrogens with zero attached hydrogens (tertiary/aromatic N) is 4. The fourth-order valence-corrected chi connectivity index (χ4v) is 1.63. The van der Waals surface area contributed by atoms with Crippen LogP contribution in [0.4, 0.5) is 5.69 Å². The van der Waals surface area contributed by atoms with Crippen LogP contribution in [0.2, 0.25) is 0 Å². The van der Waals surface area contributed by atoms with Crippen LogP contribution >= 0.6 is 15.9 Å². The first-order valence-electron chi connectivity index (χ1n) is 4.53. The second kappa shape index (κ2) is 4.50. The Morgan fingerprint density at radius 3 is 3.00 bits per heavy atom. The zero-order chi connectivity index (χ0) is 12.4. The first kappa shape index (κ1) is 11.5.